The van der Waals surface area contributed by atoms with Crippen molar-refractivity contribution in [3.63, 3.8) is 0 Å². The zero-order valence-corrected chi connectivity index (χ0v) is 11.6. The molecule has 0 aromatic rings. The van der Waals surface area contributed by atoms with Gasteiger partial charge in [0, 0.05) is 25.7 Å². The number of carboxylic acid groups (broad SMARTS) is 1. The van der Waals surface area contributed by atoms with Crippen LogP contribution in [0.5, 0.6) is 0 Å². The summed E-state index contributed by atoms with van der Waals surface area (Å²) in [5, 5.41) is 12.5. The summed E-state index contributed by atoms with van der Waals surface area (Å²) in [6.45, 7) is 7.06. The van der Waals surface area contributed by atoms with Crippen molar-refractivity contribution in [3.05, 3.63) is 0 Å². The van der Waals surface area contributed by atoms with Crippen LogP contribution in [0.1, 0.15) is 46.0 Å². The first kappa shape index (κ1) is 13.8. The Kier molecular flexibility index (Phi) is 4.28. The number of hydrogen-bond donors (Lipinski definition) is 2. The van der Waals surface area contributed by atoms with Gasteiger partial charge >= 0.3 is 5.97 Å². The van der Waals surface area contributed by atoms with Crippen molar-refractivity contribution in [2.24, 2.45) is 5.41 Å². The standard InChI is InChI=1S/C14H26N2O2/c1-14(2)6-3-4-11(5-7-14)16-9-8-15-10-12(16)13(17)18/h11-12,15H,3-10H2,1-2H3,(H,17,18). The minimum absolute atomic E-state index is 0.329. The first-order valence-electron chi connectivity index (χ1n) is 7.19. The number of carbonyl (C=O) groups is 1. The molecule has 18 heavy (non-hydrogen) atoms. The third-order valence-electron chi connectivity index (χ3n) is 4.58. The van der Waals surface area contributed by atoms with Gasteiger partial charge in [0.05, 0.1) is 0 Å². The van der Waals surface area contributed by atoms with Gasteiger partial charge in [-0.05, 0) is 31.1 Å². The van der Waals surface area contributed by atoms with E-state index in [2.05, 4.69) is 24.1 Å². The van der Waals surface area contributed by atoms with E-state index in [-0.39, 0.29) is 6.04 Å². The van der Waals surface area contributed by atoms with E-state index in [1.165, 1.54) is 19.3 Å². The largest absolute Gasteiger partial charge is 0.480 e. The molecule has 1 heterocycles. The van der Waals surface area contributed by atoms with Crippen LogP contribution in [0.25, 0.3) is 0 Å². The quantitative estimate of drug-likeness (QED) is 0.737. The van der Waals surface area contributed by atoms with Crippen molar-refractivity contribution < 1.29 is 9.90 Å². The molecule has 2 unspecified atom stereocenters. The third-order valence-corrected chi connectivity index (χ3v) is 4.58. The summed E-state index contributed by atoms with van der Waals surface area (Å²) in [6.07, 6.45) is 6.03. The summed E-state index contributed by atoms with van der Waals surface area (Å²) >= 11 is 0. The molecule has 1 saturated heterocycles. The maximum absolute atomic E-state index is 11.3. The number of hydrogen-bond acceptors (Lipinski definition) is 3. The van der Waals surface area contributed by atoms with Crippen LogP contribution < -0.4 is 5.32 Å². The fraction of sp³-hybridized carbons (Fsp3) is 0.929. The zero-order chi connectivity index (χ0) is 13.2. The summed E-state index contributed by atoms with van der Waals surface area (Å²) in [4.78, 5) is 13.6. The van der Waals surface area contributed by atoms with Gasteiger partial charge in [0.2, 0.25) is 0 Å². The molecule has 1 aliphatic carbocycles. The maximum atomic E-state index is 11.3. The first-order chi connectivity index (χ1) is 8.49. The highest BCUT2D eigenvalue weighted by molar-refractivity contribution is 5.74. The van der Waals surface area contributed by atoms with E-state index in [1.54, 1.807) is 0 Å². The van der Waals surface area contributed by atoms with Gasteiger partial charge in [0.15, 0.2) is 0 Å². The Morgan fingerprint density at radius 3 is 2.83 bits per heavy atom. The van der Waals surface area contributed by atoms with Gasteiger partial charge < -0.3 is 10.4 Å². The minimum atomic E-state index is -0.675. The molecule has 0 aromatic carbocycles. The fourth-order valence-electron chi connectivity index (χ4n) is 3.36. The van der Waals surface area contributed by atoms with Crippen LogP contribution in [0.2, 0.25) is 0 Å². The molecule has 2 atom stereocenters. The van der Waals surface area contributed by atoms with E-state index >= 15 is 0 Å². The molecular formula is C14H26N2O2. The van der Waals surface area contributed by atoms with E-state index in [9.17, 15) is 9.90 Å². The van der Waals surface area contributed by atoms with Crippen molar-refractivity contribution in [2.45, 2.75) is 58.0 Å². The fourth-order valence-corrected chi connectivity index (χ4v) is 3.36. The molecule has 104 valence electrons. The highest BCUT2D eigenvalue weighted by atomic mass is 16.4. The lowest BCUT2D eigenvalue weighted by Crippen LogP contribution is -2.58. The van der Waals surface area contributed by atoms with Crippen molar-refractivity contribution in [3.8, 4) is 0 Å². The minimum Gasteiger partial charge on any atom is -0.480 e. The second-order valence-corrected chi connectivity index (χ2v) is 6.54. The molecule has 1 saturated carbocycles. The van der Waals surface area contributed by atoms with Gasteiger partial charge in [-0.1, -0.05) is 20.3 Å². The van der Waals surface area contributed by atoms with Gasteiger partial charge in [0.1, 0.15) is 6.04 Å². The Balaban J connectivity index is 2.02. The van der Waals surface area contributed by atoms with Crippen LogP contribution >= 0.6 is 0 Å². The Bertz CT molecular complexity index is 304. The van der Waals surface area contributed by atoms with Crippen LogP contribution in [0, 0.1) is 5.41 Å². The lowest BCUT2D eigenvalue weighted by Gasteiger charge is -2.39. The topological polar surface area (TPSA) is 52.6 Å². The van der Waals surface area contributed by atoms with Gasteiger partial charge in [-0.2, -0.15) is 0 Å². The predicted octanol–water partition coefficient (Wildman–Crippen LogP) is 1.70. The van der Waals surface area contributed by atoms with Gasteiger partial charge in [-0.3, -0.25) is 9.69 Å². The summed E-state index contributed by atoms with van der Waals surface area (Å²) in [5.74, 6) is -0.675. The number of nitrogens with zero attached hydrogens (tertiary/aromatic N) is 1. The summed E-state index contributed by atoms with van der Waals surface area (Å²) in [6, 6.07) is 0.139. The van der Waals surface area contributed by atoms with Gasteiger partial charge in [-0.15, -0.1) is 0 Å². The highest BCUT2D eigenvalue weighted by Gasteiger charge is 2.35. The Labute approximate surface area is 110 Å². The first-order valence-corrected chi connectivity index (χ1v) is 7.19. The number of piperazine rings is 1. The number of nitrogens with one attached hydrogen (secondary N) is 1. The normalized spacial score (nSPS) is 33.9. The Morgan fingerprint density at radius 1 is 1.33 bits per heavy atom. The Hall–Kier alpha value is -0.610. The summed E-state index contributed by atoms with van der Waals surface area (Å²) in [7, 11) is 0. The maximum Gasteiger partial charge on any atom is 0.322 e. The second-order valence-electron chi connectivity index (χ2n) is 6.54. The molecule has 2 aliphatic rings. The SMILES string of the molecule is CC1(C)CCCC(N2CCNCC2C(=O)O)CC1. The monoisotopic (exact) mass is 254 g/mol. The van der Waals surface area contributed by atoms with Gasteiger partial charge in [-0.25, -0.2) is 0 Å². The zero-order valence-electron chi connectivity index (χ0n) is 11.6. The molecular weight excluding hydrogens is 228 g/mol. The van der Waals surface area contributed by atoms with Crippen LogP contribution in [-0.4, -0.2) is 47.7 Å². The van der Waals surface area contributed by atoms with E-state index < -0.39 is 5.97 Å². The van der Waals surface area contributed by atoms with Gasteiger partial charge in [0.25, 0.3) is 0 Å². The molecule has 2 N–H and O–H groups in total. The molecule has 0 aromatic heterocycles. The molecule has 2 fully saturated rings. The van der Waals surface area contributed by atoms with Crippen molar-refractivity contribution in [1.29, 1.82) is 0 Å². The van der Waals surface area contributed by atoms with Crippen molar-refractivity contribution in [2.75, 3.05) is 19.6 Å². The summed E-state index contributed by atoms with van der Waals surface area (Å²) < 4.78 is 0. The lowest BCUT2D eigenvalue weighted by molar-refractivity contribution is -0.145. The molecule has 0 spiro atoms. The predicted molar refractivity (Wildman–Crippen MR) is 71.7 cm³/mol. The average Bonchev–Trinajstić information content (AvgIpc) is 2.50. The molecule has 4 heteroatoms. The number of carboxylic acids is 1. The Morgan fingerprint density at radius 2 is 2.11 bits per heavy atom. The molecule has 0 bridgehead atoms. The second kappa shape index (κ2) is 5.57. The molecule has 1 aliphatic heterocycles. The number of aliphatic carboxylic acids is 1. The molecule has 0 radical (unpaired) electrons. The van der Waals surface area contributed by atoms with Crippen LogP contribution in [-0.2, 0) is 4.79 Å². The molecule has 2 rings (SSSR count). The molecule has 4 nitrogen and oxygen atoms in total. The van der Waals surface area contributed by atoms with E-state index in [4.69, 9.17) is 0 Å². The van der Waals surface area contributed by atoms with E-state index in [0.717, 1.165) is 25.9 Å². The van der Waals surface area contributed by atoms with Crippen molar-refractivity contribution in [1.82, 2.24) is 10.2 Å². The van der Waals surface area contributed by atoms with Crippen LogP contribution in [0.3, 0.4) is 0 Å². The lowest BCUT2D eigenvalue weighted by atomic mass is 9.85. The smallest absolute Gasteiger partial charge is 0.322 e. The van der Waals surface area contributed by atoms with Crippen molar-refractivity contribution >= 4 is 5.97 Å². The third kappa shape index (κ3) is 3.23. The van der Waals surface area contributed by atoms with Crippen LogP contribution in [0.4, 0.5) is 0 Å². The average molecular weight is 254 g/mol. The summed E-state index contributed by atoms with van der Waals surface area (Å²) in [5.41, 5.74) is 0.432. The molecule has 0 amide bonds. The van der Waals surface area contributed by atoms with E-state index in [0.29, 0.717) is 18.0 Å². The van der Waals surface area contributed by atoms with Crippen LogP contribution in [0.15, 0.2) is 0 Å². The number of rotatable bonds is 2. The van der Waals surface area contributed by atoms with E-state index in [1.807, 2.05) is 0 Å². The highest BCUT2D eigenvalue weighted by Crippen LogP contribution is 2.35.